The molecule has 0 aromatic carbocycles. The van der Waals surface area contributed by atoms with E-state index in [0.29, 0.717) is 24.4 Å². The van der Waals surface area contributed by atoms with Crippen LogP contribution in [0.4, 0.5) is 0 Å². The highest BCUT2D eigenvalue weighted by molar-refractivity contribution is 7.14. The third kappa shape index (κ3) is 3.01. The second-order valence-electron chi connectivity index (χ2n) is 5.82. The molecule has 1 aromatic rings. The van der Waals surface area contributed by atoms with Crippen LogP contribution in [0.2, 0.25) is 0 Å². The summed E-state index contributed by atoms with van der Waals surface area (Å²) in [4.78, 5) is 16.7. The minimum Gasteiger partial charge on any atom is -0.293 e. The highest BCUT2D eigenvalue weighted by Gasteiger charge is 2.30. The zero-order valence-electron chi connectivity index (χ0n) is 11.8. The number of hydrogen-bond donors (Lipinski definition) is 0. The monoisotopic (exact) mass is 265 g/mol. The van der Waals surface area contributed by atoms with Gasteiger partial charge in [0, 0.05) is 17.5 Å². The Morgan fingerprint density at radius 2 is 2.11 bits per heavy atom. The van der Waals surface area contributed by atoms with Crippen LogP contribution in [0.5, 0.6) is 0 Å². The van der Waals surface area contributed by atoms with Crippen molar-refractivity contribution in [3.8, 4) is 0 Å². The average Bonchev–Trinajstić information content (AvgIpc) is 2.72. The fourth-order valence-corrected chi connectivity index (χ4v) is 3.69. The predicted octanol–water partition coefficient (Wildman–Crippen LogP) is 3.61. The lowest BCUT2D eigenvalue weighted by molar-refractivity contribution is 0.0652. The predicted molar refractivity (Wildman–Crippen MR) is 77.4 cm³/mol. The minimum absolute atomic E-state index is 0.279. The maximum absolute atomic E-state index is 12.3. The molecular formula is C15H23NOS. The molecular weight excluding hydrogens is 242 g/mol. The van der Waals surface area contributed by atoms with Gasteiger partial charge >= 0.3 is 0 Å². The number of carbonyl (C=O) groups excluding carboxylic acids is 1. The molecule has 1 aromatic heterocycles. The van der Waals surface area contributed by atoms with E-state index in [0.717, 1.165) is 11.4 Å². The van der Waals surface area contributed by atoms with Crippen molar-refractivity contribution in [3.05, 3.63) is 21.9 Å². The Morgan fingerprint density at radius 1 is 1.39 bits per heavy atom. The summed E-state index contributed by atoms with van der Waals surface area (Å²) in [6.07, 6.45) is 1.28. The molecule has 1 aliphatic rings. The smallest absolute Gasteiger partial charge is 0.186 e. The van der Waals surface area contributed by atoms with Crippen molar-refractivity contribution >= 4 is 17.1 Å². The van der Waals surface area contributed by atoms with Gasteiger partial charge in [0.1, 0.15) is 0 Å². The van der Waals surface area contributed by atoms with Gasteiger partial charge in [0.05, 0.1) is 11.4 Å². The molecule has 2 nitrogen and oxygen atoms in total. The van der Waals surface area contributed by atoms with Crippen molar-refractivity contribution in [3.63, 3.8) is 0 Å². The van der Waals surface area contributed by atoms with Crippen LogP contribution in [0.3, 0.4) is 0 Å². The number of piperidine rings is 1. The van der Waals surface area contributed by atoms with Crippen LogP contribution in [-0.2, 0) is 0 Å². The van der Waals surface area contributed by atoms with Crippen molar-refractivity contribution < 1.29 is 4.79 Å². The molecule has 2 heterocycles. The summed E-state index contributed by atoms with van der Waals surface area (Å²) in [5.41, 5.74) is 0. The number of ketones is 1. The summed E-state index contributed by atoms with van der Waals surface area (Å²) in [6.45, 7) is 10.5. The highest BCUT2D eigenvalue weighted by Crippen LogP contribution is 2.27. The Balaban J connectivity index is 2.02. The summed E-state index contributed by atoms with van der Waals surface area (Å²) < 4.78 is 0. The maximum atomic E-state index is 12.3. The lowest BCUT2D eigenvalue weighted by Crippen LogP contribution is -2.47. The third-order valence-corrected chi connectivity index (χ3v) is 5.12. The molecule has 1 aliphatic heterocycles. The van der Waals surface area contributed by atoms with E-state index in [9.17, 15) is 4.79 Å². The van der Waals surface area contributed by atoms with Gasteiger partial charge < -0.3 is 0 Å². The number of likely N-dealkylation sites (tertiary alicyclic amines) is 1. The SMILES string of the molecule is Cc1ccc(C(=O)CN2CC(C)CC(C)C2C)s1. The molecule has 1 fully saturated rings. The summed E-state index contributed by atoms with van der Waals surface area (Å²) in [7, 11) is 0. The van der Waals surface area contributed by atoms with E-state index in [1.807, 2.05) is 12.1 Å². The van der Waals surface area contributed by atoms with Gasteiger partial charge in [0.15, 0.2) is 5.78 Å². The molecule has 3 unspecified atom stereocenters. The van der Waals surface area contributed by atoms with Crippen LogP contribution in [0.15, 0.2) is 12.1 Å². The van der Waals surface area contributed by atoms with E-state index >= 15 is 0 Å². The Morgan fingerprint density at radius 3 is 2.72 bits per heavy atom. The topological polar surface area (TPSA) is 20.3 Å². The molecule has 0 N–H and O–H groups in total. The van der Waals surface area contributed by atoms with Crippen LogP contribution < -0.4 is 0 Å². The number of nitrogens with zero attached hydrogens (tertiary/aromatic N) is 1. The molecule has 18 heavy (non-hydrogen) atoms. The summed E-state index contributed by atoms with van der Waals surface area (Å²) in [6, 6.07) is 4.51. The molecule has 1 saturated heterocycles. The summed E-state index contributed by atoms with van der Waals surface area (Å²) in [5.74, 6) is 1.67. The average molecular weight is 265 g/mol. The van der Waals surface area contributed by atoms with Gasteiger partial charge in [0.2, 0.25) is 0 Å². The molecule has 0 radical (unpaired) electrons. The van der Waals surface area contributed by atoms with Crippen molar-refractivity contribution in [1.82, 2.24) is 4.90 Å². The lowest BCUT2D eigenvalue weighted by Gasteiger charge is -2.40. The van der Waals surface area contributed by atoms with E-state index < -0.39 is 0 Å². The number of hydrogen-bond acceptors (Lipinski definition) is 3. The van der Waals surface area contributed by atoms with Gasteiger partial charge in [-0.05, 0) is 44.2 Å². The zero-order chi connectivity index (χ0) is 13.3. The van der Waals surface area contributed by atoms with Gasteiger partial charge in [-0.3, -0.25) is 9.69 Å². The molecule has 0 saturated carbocycles. The number of Topliss-reactive ketones (excluding diaryl/α,β-unsaturated/α-hetero) is 1. The normalized spacial score (nSPS) is 29.4. The lowest BCUT2D eigenvalue weighted by atomic mass is 9.86. The molecule has 3 atom stereocenters. The van der Waals surface area contributed by atoms with E-state index in [2.05, 4.69) is 32.6 Å². The zero-order valence-corrected chi connectivity index (χ0v) is 12.6. The number of carbonyl (C=O) groups is 1. The van der Waals surface area contributed by atoms with E-state index in [-0.39, 0.29) is 5.78 Å². The molecule has 100 valence electrons. The minimum atomic E-state index is 0.279. The second-order valence-corrected chi connectivity index (χ2v) is 7.11. The Labute approximate surface area is 114 Å². The number of rotatable bonds is 3. The molecule has 0 aliphatic carbocycles. The maximum Gasteiger partial charge on any atom is 0.186 e. The fraction of sp³-hybridized carbons (Fsp3) is 0.667. The largest absolute Gasteiger partial charge is 0.293 e. The summed E-state index contributed by atoms with van der Waals surface area (Å²) in [5, 5.41) is 0. The molecule has 0 spiro atoms. The molecule has 2 rings (SSSR count). The Hall–Kier alpha value is -0.670. The van der Waals surface area contributed by atoms with Gasteiger partial charge in [-0.1, -0.05) is 13.8 Å². The first-order chi connectivity index (χ1) is 8.47. The molecule has 3 heteroatoms. The Bertz CT molecular complexity index is 426. The number of aryl methyl sites for hydroxylation is 1. The van der Waals surface area contributed by atoms with Gasteiger partial charge in [0.25, 0.3) is 0 Å². The first kappa shape index (κ1) is 13.8. The first-order valence-electron chi connectivity index (χ1n) is 6.81. The van der Waals surface area contributed by atoms with Gasteiger partial charge in [-0.2, -0.15) is 0 Å². The van der Waals surface area contributed by atoms with Crippen LogP contribution in [0.1, 0.15) is 41.7 Å². The Kier molecular flexibility index (Phi) is 4.23. The second kappa shape index (κ2) is 5.54. The molecule has 0 bridgehead atoms. The van der Waals surface area contributed by atoms with Crippen LogP contribution in [0, 0.1) is 18.8 Å². The van der Waals surface area contributed by atoms with Crippen molar-refractivity contribution in [2.75, 3.05) is 13.1 Å². The summed E-state index contributed by atoms with van der Waals surface area (Å²) >= 11 is 1.61. The van der Waals surface area contributed by atoms with Gasteiger partial charge in [-0.25, -0.2) is 0 Å². The standard InChI is InChI=1S/C15H23NOS/c1-10-7-11(2)13(4)16(8-10)9-14(17)15-6-5-12(3)18-15/h5-6,10-11,13H,7-9H2,1-4H3. The van der Waals surface area contributed by atoms with Crippen molar-refractivity contribution in [2.24, 2.45) is 11.8 Å². The number of thiophene rings is 1. The fourth-order valence-electron chi connectivity index (χ4n) is 2.89. The van der Waals surface area contributed by atoms with Crippen molar-refractivity contribution in [1.29, 1.82) is 0 Å². The van der Waals surface area contributed by atoms with Crippen molar-refractivity contribution in [2.45, 2.75) is 40.2 Å². The third-order valence-electron chi connectivity index (χ3n) is 4.08. The van der Waals surface area contributed by atoms with Crippen LogP contribution in [0.25, 0.3) is 0 Å². The molecule has 0 amide bonds. The van der Waals surface area contributed by atoms with Crippen LogP contribution >= 0.6 is 11.3 Å². The quantitative estimate of drug-likeness (QED) is 0.778. The highest BCUT2D eigenvalue weighted by atomic mass is 32.1. The van der Waals surface area contributed by atoms with Crippen LogP contribution in [-0.4, -0.2) is 29.8 Å². The first-order valence-corrected chi connectivity index (χ1v) is 7.62. The van der Waals surface area contributed by atoms with Gasteiger partial charge in [-0.15, -0.1) is 11.3 Å². The van der Waals surface area contributed by atoms with E-state index in [1.165, 1.54) is 11.3 Å². The van der Waals surface area contributed by atoms with E-state index in [1.54, 1.807) is 11.3 Å². The van der Waals surface area contributed by atoms with E-state index in [4.69, 9.17) is 0 Å².